The summed E-state index contributed by atoms with van der Waals surface area (Å²) in [6, 6.07) is 15.8. The third-order valence-corrected chi connectivity index (χ3v) is 5.37. The Labute approximate surface area is 171 Å². The van der Waals surface area contributed by atoms with Gasteiger partial charge in [-0.15, -0.1) is 0 Å². The summed E-state index contributed by atoms with van der Waals surface area (Å²) in [6.45, 7) is 2.49. The van der Waals surface area contributed by atoms with E-state index in [2.05, 4.69) is 0 Å². The van der Waals surface area contributed by atoms with Gasteiger partial charge in [0.15, 0.2) is 11.0 Å². The standard InChI is InChI=1S/C23H21F3N2O2/c1-21(2,17-9-7-16(13-27)8-10-17)14-22(30,23(24,25)26)15-28-12-11-20(29)18-5-3-4-6-19(18)28/h3-12,30H,14-15H2,1-2H3. The summed E-state index contributed by atoms with van der Waals surface area (Å²) in [5.74, 6) is 0. The van der Waals surface area contributed by atoms with Crippen LogP contribution in [0, 0.1) is 11.3 Å². The lowest BCUT2D eigenvalue weighted by Crippen LogP contribution is -2.52. The average Bonchev–Trinajstić information content (AvgIpc) is 2.69. The number of pyridine rings is 1. The minimum absolute atomic E-state index is 0.288. The number of benzene rings is 2. The highest BCUT2D eigenvalue weighted by Crippen LogP contribution is 2.42. The zero-order valence-corrected chi connectivity index (χ0v) is 16.6. The normalized spacial score (nSPS) is 14.3. The number of aliphatic hydroxyl groups is 1. The van der Waals surface area contributed by atoms with E-state index in [9.17, 15) is 23.1 Å². The number of alkyl halides is 3. The molecule has 1 aromatic heterocycles. The molecule has 0 saturated carbocycles. The van der Waals surface area contributed by atoms with Gasteiger partial charge >= 0.3 is 6.18 Å². The monoisotopic (exact) mass is 414 g/mol. The van der Waals surface area contributed by atoms with Crippen LogP contribution in [-0.4, -0.2) is 21.5 Å². The van der Waals surface area contributed by atoms with E-state index in [1.807, 2.05) is 6.07 Å². The van der Waals surface area contributed by atoms with E-state index in [1.54, 1.807) is 62.4 Å². The lowest BCUT2D eigenvalue weighted by molar-refractivity contribution is -0.271. The quantitative estimate of drug-likeness (QED) is 0.667. The first-order valence-electron chi connectivity index (χ1n) is 9.35. The molecule has 1 N–H and O–H groups in total. The highest BCUT2D eigenvalue weighted by molar-refractivity contribution is 5.78. The van der Waals surface area contributed by atoms with E-state index in [0.717, 1.165) is 0 Å². The van der Waals surface area contributed by atoms with Crippen LogP contribution in [0.2, 0.25) is 0 Å². The highest BCUT2D eigenvalue weighted by atomic mass is 19.4. The molecule has 4 nitrogen and oxygen atoms in total. The second kappa shape index (κ2) is 7.62. The summed E-state index contributed by atoms with van der Waals surface area (Å²) in [6.07, 6.45) is -4.23. The van der Waals surface area contributed by atoms with Crippen LogP contribution in [0.25, 0.3) is 10.9 Å². The molecular formula is C23H21F3N2O2. The lowest BCUT2D eigenvalue weighted by Gasteiger charge is -2.38. The molecule has 0 amide bonds. The average molecular weight is 414 g/mol. The Balaban J connectivity index is 2.02. The Hall–Kier alpha value is -3.11. The molecule has 156 valence electrons. The van der Waals surface area contributed by atoms with Gasteiger partial charge in [0.1, 0.15) is 0 Å². The van der Waals surface area contributed by atoms with Gasteiger partial charge in [0.25, 0.3) is 0 Å². The first-order valence-corrected chi connectivity index (χ1v) is 9.35. The summed E-state index contributed by atoms with van der Waals surface area (Å²) >= 11 is 0. The third-order valence-electron chi connectivity index (χ3n) is 5.37. The zero-order chi connectivity index (χ0) is 22.2. The van der Waals surface area contributed by atoms with Crippen molar-refractivity contribution < 1.29 is 18.3 Å². The van der Waals surface area contributed by atoms with Gasteiger partial charge < -0.3 is 9.67 Å². The Kier molecular flexibility index (Phi) is 5.48. The fourth-order valence-corrected chi connectivity index (χ4v) is 3.75. The molecule has 1 unspecified atom stereocenters. The second-order valence-corrected chi connectivity index (χ2v) is 8.10. The lowest BCUT2D eigenvalue weighted by atomic mass is 9.74. The number of aromatic nitrogens is 1. The predicted molar refractivity (Wildman–Crippen MR) is 108 cm³/mol. The number of fused-ring (bicyclic) bond motifs is 1. The Morgan fingerprint density at radius 2 is 1.67 bits per heavy atom. The summed E-state index contributed by atoms with van der Waals surface area (Å²) < 4.78 is 43.5. The molecule has 2 aromatic carbocycles. The molecule has 3 aromatic rings. The maximum absolute atomic E-state index is 14.1. The molecule has 0 aliphatic rings. The van der Waals surface area contributed by atoms with Crippen LogP contribution in [0.4, 0.5) is 13.2 Å². The number of rotatable bonds is 5. The molecule has 0 radical (unpaired) electrons. The first kappa shape index (κ1) is 21.6. The highest BCUT2D eigenvalue weighted by Gasteiger charge is 2.56. The van der Waals surface area contributed by atoms with Gasteiger partial charge in [0, 0.05) is 17.6 Å². The smallest absolute Gasteiger partial charge is 0.379 e. The molecule has 0 aliphatic heterocycles. The fraction of sp³-hybridized carbons (Fsp3) is 0.304. The van der Waals surface area contributed by atoms with Crippen molar-refractivity contribution in [1.82, 2.24) is 4.57 Å². The molecule has 1 atom stereocenters. The predicted octanol–water partition coefficient (Wildman–Crippen LogP) is 4.53. The van der Waals surface area contributed by atoms with Gasteiger partial charge in [-0.3, -0.25) is 4.79 Å². The van der Waals surface area contributed by atoms with E-state index >= 15 is 0 Å². The summed E-state index contributed by atoms with van der Waals surface area (Å²) in [4.78, 5) is 12.0. The molecule has 0 saturated heterocycles. The molecule has 0 fully saturated rings. The van der Waals surface area contributed by atoms with Gasteiger partial charge in [0.05, 0.1) is 23.7 Å². The topological polar surface area (TPSA) is 66.0 Å². The molecule has 0 aliphatic carbocycles. The Morgan fingerprint density at radius 3 is 2.27 bits per heavy atom. The first-order chi connectivity index (χ1) is 14.0. The second-order valence-electron chi connectivity index (χ2n) is 8.10. The minimum atomic E-state index is -4.90. The van der Waals surface area contributed by atoms with Crippen LogP contribution in [-0.2, 0) is 12.0 Å². The van der Waals surface area contributed by atoms with Crippen molar-refractivity contribution >= 4 is 10.9 Å². The van der Waals surface area contributed by atoms with Gasteiger partial charge in [0.2, 0.25) is 0 Å². The van der Waals surface area contributed by atoms with E-state index in [-0.39, 0.29) is 10.8 Å². The molecule has 30 heavy (non-hydrogen) atoms. The Bertz CT molecular complexity index is 1160. The molecule has 0 spiro atoms. The molecule has 1 heterocycles. The number of nitriles is 1. The van der Waals surface area contributed by atoms with Gasteiger partial charge in [-0.25, -0.2) is 0 Å². The largest absolute Gasteiger partial charge is 0.418 e. The maximum atomic E-state index is 14.1. The van der Waals surface area contributed by atoms with Crippen molar-refractivity contribution in [2.75, 3.05) is 0 Å². The van der Waals surface area contributed by atoms with Crippen LogP contribution in [0.15, 0.2) is 65.6 Å². The van der Waals surface area contributed by atoms with Crippen molar-refractivity contribution in [2.24, 2.45) is 0 Å². The molecular weight excluding hydrogens is 393 g/mol. The minimum Gasteiger partial charge on any atom is -0.379 e. The number of hydrogen-bond acceptors (Lipinski definition) is 3. The van der Waals surface area contributed by atoms with Crippen molar-refractivity contribution in [3.63, 3.8) is 0 Å². The van der Waals surface area contributed by atoms with Crippen LogP contribution < -0.4 is 5.43 Å². The molecule has 3 rings (SSSR count). The van der Waals surface area contributed by atoms with Gasteiger partial charge in [-0.1, -0.05) is 38.1 Å². The van der Waals surface area contributed by atoms with E-state index in [0.29, 0.717) is 16.6 Å². The van der Waals surface area contributed by atoms with Crippen LogP contribution >= 0.6 is 0 Å². The van der Waals surface area contributed by atoms with Crippen molar-refractivity contribution in [3.05, 3.63) is 82.1 Å². The van der Waals surface area contributed by atoms with E-state index in [4.69, 9.17) is 5.26 Å². The van der Waals surface area contributed by atoms with Crippen LogP contribution in [0.3, 0.4) is 0 Å². The SMILES string of the molecule is CC(C)(CC(O)(Cn1ccc(=O)c2ccccc21)C(F)(F)F)c1ccc(C#N)cc1. The number of para-hydroxylation sites is 1. The van der Waals surface area contributed by atoms with Crippen molar-refractivity contribution in [3.8, 4) is 6.07 Å². The molecule has 7 heteroatoms. The van der Waals surface area contributed by atoms with Gasteiger partial charge in [-0.2, -0.15) is 18.4 Å². The fourth-order valence-electron chi connectivity index (χ4n) is 3.75. The third kappa shape index (κ3) is 4.10. The summed E-state index contributed by atoms with van der Waals surface area (Å²) in [7, 11) is 0. The van der Waals surface area contributed by atoms with E-state index < -0.39 is 30.2 Å². The number of halogens is 3. The summed E-state index contributed by atoms with van der Waals surface area (Å²) in [5, 5.41) is 20.1. The van der Waals surface area contributed by atoms with E-state index in [1.165, 1.54) is 16.8 Å². The van der Waals surface area contributed by atoms with Crippen LogP contribution in [0.1, 0.15) is 31.4 Å². The summed E-state index contributed by atoms with van der Waals surface area (Å²) in [5.41, 5.74) is -3.07. The van der Waals surface area contributed by atoms with Crippen molar-refractivity contribution in [2.45, 2.75) is 44.0 Å². The number of hydrogen-bond donors (Lipinski definition) is 1. The van der Waals surface area contributed by atoms with Crippen molar-refractivity contribution in [1.29, 1.82) is 5.26 Å². The number of nitrogens with zero attached hydrogens (tertiary/aromatic N) is 2. The molecule has 0 bridgehead atoms. The van der Waals surface area contributed by atoms with Gasteiger partial charge in [-0.05, 0) is 41.7 Å². The van der Waals surface area contributed by atoms with Crippen LogP contribution in [0.5, 0.6) is 0 Å². The Morgan fingerprint density at radius 1 is 1.03 bits per heavy atom. The zero-order valence-electron chi connectivity index (χ0n) is 16.6. The maximum Gasteiger partial charge on any atom is 0.418 e.